The van der Waals surface area contributed by atoms with Crippen molar-refractivity contribution in [2.75, 3.05) is 62.8 Å². The molecule has 0 spiro atoms. The molecule has 1 aliphatic carbocycles. The maximum atomic E-state index is 12.8. The summed E-state index contributed by atoms with van der Waals surface area (Å²) < 4.78 is 17.9. The third kappa shape index (κ3) is 6.32. The number of rotatable bonds is 8. The molecule has 1 aromatic carbocycles. The predicted octanol–water partition coefficient (Wildman–Crippen LogP) is 4.11. The summed E-state index contributed by atoms with van der Waals surface area (Å²) in [7, 11) is 0. The van der Waals surface area contributed by atoms with Crippen LogP contribution < -0.4 is 15.0 Å². The number of carbonyl (C=O) groups excluding carboxylic acids is 2. The van der Waals surface area contributed by atoms with Gasteiger partial charge in [-0.15, -0.1) is 0 Å². The zero-order chi connectivity index (χ0) is 30.8. The van der Waals surface area contributed by atoms with Gasteiger partial charge in [0.1, 0.15) is 19.0 Å². The SMILES string of the molecule is CC1CC=CC2=C(/C=C\1Nc1ncc(-c3ccc(N4CCCC4=O)cc3)c(OCCN3CCOCC3)n1)N1C(=O)CC[C@H]1CO2. The Balaban J connectivity index is 1.17. The van der Waals surface area contributed by atoms with E-state index in [9.17, 15) is 9.59 Å². The zero-order valence-corrected chi connectivity index (χ0v) is 25.7. The van der Waals surface area contributed by atoms with Gasteiger partial charge in [-0.05, 0) is 55.0 Å². The van der Waals surface area contributed by atoms with Crippen molar-refractivity contribution < 1.29 is 23.8 Å². The molecule has 5 heterocycles. The first-order chi connectivity index (χ1) is 22.0. The second-order valence-corrected chi connectivity index (χ2v) is 12.2. The summed E-state index contributed by atoms with van der Waals surface area (Å²) in [6.45, 7) is 7.87. The van der Waals surface area contributed by atoms with Crippen molar-refractivity contribution in [1.82, 2.24) is 19.8 Å². The summed E-state index contributed by atoms with van der Waals surface area (Å²) in [5.74, 6) is 2.04. The van der Waals surface area contributed by atoms with E-state index in [4.69, 9.17) is 24.2 Å². The van der Waals surface area contributed by atoms with Crippen LogP contribution in [0.3, 0.4) is 0 Å². The Kier molecular flexibility index (Phi) is 8.53. The Bertz CT molecular complexity index is 1530. The summed E-state index contributed by atoms with van der Waals surface area (Å²) in [6, 6.07) is 8.00. The van der Waals surface area contributed by atoms with E-state index in [1.807, 2.05) is 46.2 Å². The van der Waals surface area contributed by atoms with Crippen molar-refractivity contribution in [3.63, 3.8) is 0 Å². The molecule has 3 fully saturated rings. The highest BCUT2D eigenvalue weighted by molar-refractivity contribution is 5.95. The lowest BCUT2D eigenvalue weighted by Crippen LogP contribution is -2.39. The smallest absolute Gasteiger partial charge is 0.230 e. The number of anilines is 2. The number of nitrogens with zero attached hydrogens (tertiary/aromatic N) is 5. The fourth-order valence-electron chi connectivity index (χ4n) is 6.54. The quantitative estimate of drug-likeness (QED) is 0.471. The number of amides is 2. The van der Waals surface area contributed by atoms with Crippen LogP contribution in [0.5, 0.6) is 5.88 Å². The summed E-state index contributed by atoms with van der Waals surface area (Å²) in [4.78, 5) is 40.8. The third-order valence-electron chi connectivity index (χ3n) is 9.17. The van der Waals surface area contributed by atoms with Crippen LogP contribution in [0, 0.1) is 5.92 Å². The number of aromatic nitrogens is 2. The van der Waals surface area contributed by atoms with Gasteiger partial charge < -0.3 is 29.3 Å². The van der Waals surface area contributed by atoms with E-state index in [1.54, 1.807) is 6.20 Å². The van der Waals surface area contributed by atoms with E-state index in [1.165, 1.54) is 0 Å². The maximum absolute atomic E-state index is 12.8. The summed E-state index contributed by atoms with van der Waals surface area (Å²) in [6.07, 6.45) is 11.5. The van der Waals surface area contributed by atoms with Crippen LogP contribution >= 0.6 is 0 Å². The Morgan fingerprint density at radius 3 is 2.71 bits per heavy atom. The highest BCUT2D eigenvalue weighted by atomic mass is 16.5. The molecule has 0 radical (unpaired) electrons. The minimum atomic E-state index is 0.0638. The minimum absolute atomic E-state index is 0.0638. The largest absolute Gasteiger partial charge is 0.489 e. The Hall–Kier alpha value is -4.22. The van der Waals surface area contributed by atoms with E-state index in [0.717, 1.165) is 92.6 Å². The van der Waals surface area contributed by atoms with Crippen molar-refractivity contribution in [1.29, 1.82) is 0 Å². The van der Waals surface area contributed by atoms with Gasteiger partial charge >= 0.3 is 0 Å². The molecule has 2 aromatic rings. The Morgan fingerprint density at radius 1 is 1.07 bits per heavy atom. The standard InChI is InChI=1S/C34H40N6O5/c1-23-4-2-5-30-29(40-26(22-45-30)11-12-32(40)42)20-28(23)36-34-35-21-27(33(37-34)44-19-16-38-14-17-43-18-15-38)24-7-9-25(10-8-24)39-13-3-6-31(39)41/h2,5,7-10,20-21,23,26H,3-4,6,11-19,22H2,1H3,(H,35,36,37)/b5-2?,28-20+/t23?,26-/m0/s1. The molecule has 1 aromatic heterocycles. The molecule has 11 nitrogen and oxygen atoms in total. The molecule has 7 rings (SSSR count). The van der Waals surface area contributed by atoms with Crippen LogP contribution in [0.4, 0.5) is 11.6 Å². The topological polar surface area (TPSA) is 109 Å². The van der Waals surface area contributed by atoms with Crippen LogP contribution in [0.1, 0.15) is 39.0 Å². The number of carbonyl (C=O) groups is 2. The number of hydrogen-bond donors (Lipinski definition) is 1. The first-order valence-electron chi connectivity index (χ1n) is 16.1. The van der Waals surface area contributed by atoms with Gasteiger partial charge in [0.05, 0.1) is 30.5 Å². The number of benzene rings is 1. The Labute approximate surface area is 263 Å². The molecule has 0 bridgehead atoms. The molecule has 11 heteroatoms. The van der Waals surface area contributed by atoms with Crippen molar-refractivity contribution in [2.45, 2.75) is 45.1 Å². The highest BCUT2D eigenvalue weighted by Gasteiger charge is 2.38. The van der Waals surface area contributed by atoms with Gasteiger partial charge in [0.15, 0.2) is 0 Å². The normalized spacial score (nSPS) is 24.9. The van der Waals surface area contributed by atoms with E-state index < -0.39 is 0 Å². The van der Waals surface area contributed by atoms with E-state index in [-0.39, 0.29) is 23.8 Å². The average molecular weight is 613 g/mol. The number of morpholine rings is 1. The van der Waals surface area contributed by atoms with Crippen molar-refractivity contribution >= 4 is 23.5 Å². The minimum Gasteiger partial charge on any atom is -0.489 e. The number of hydrogen-bond acceptors (Lipinski definition) is 9. The summed E-state index contributed by atoms with van der Waals surface area (Å²) >= 11 is 0. The summed E-state index contributed by atoms with van der Waals surface area (Å²) in [5.41, 5.74) is 4.28. The average Bonchev–Trinajstić information content (AvgIpc) is 3.66. The van der Waals surface area contributed by atoms with Gasteiger partial charge in [-0.1, -0.05) is 25.1 Å². The van der Waals surface area contributed by atoms with E-state index >= 15 is 0 Å². The number of ether oxygens (including phenoxy) is 3. The van der Waals surface area contributed by atoms with Crippen molar-refractivity contribution in [3.8, 4) is 17.0 Å². The molecule has 0 saturated carbocycles. The van der Waals surface area contributed by atoms with E-state index in [0.29, 0.717) is 37.9 Å². The maximum Gasteiger partial charge on any atom is 0.230 e. The summed E-state index contributed by atoms with van der Waals surface area (Å²) in [5, 5.41) is 3.46. The van der Waals surface area contributed by atoms with Crippen LogP contribution in [0.15, 0.2) is 65.8 Å². The lowest BCUT2D eigenvalue weighted by molar-refractivity contribution is -0.128. The van der Waals surface area contributed by atoms with Gasteiger partial charge in [0.2, 0.25) is 23.6 Å². The number of nitrogens with one attached hydrogen (secondary N) is 1. The molecule has 1 N–H and O–H groups in total. The second kappa shape index (κ2) is 13.0. The zero-order valence-electron chi connectivity index (χ0n) is 25.7. The molecule has 2 amide bonds. The van der Waals surface area contributed by atoms with Gasteiger partial charge in [0, 0.05) is 56.6 Å². The molecule has 45 heavy (non-hydrogen) atoms. The van der Waals surface area contributed by atoms with Crippen LogP contribution in [-0.2, 0) is 19.1 Å². The molecule has 5 aliphatic rings. The molecular weight excluding hydrogens is 572 g/mol. The molecule has 2 atom stereocenters. The van der Waals surface area contributed by atoms with Gasteiger partial charge in [-0.25, -0.2) is 4.98 Å². The van der Waals surface area contributed by atoms with Gasteiger partial charge in [0.25, 0.3) is 0 Å². The first-order valence-corrected chi connectivity index (χ1v) is 16.1. The van der Waals surface area contributed by atoms with Crippen LogP contribution in [-0.4, -0.2) is 90.2 Å². The Morgan fingerprint density at radius 2 is 1.91 bits per heavy atom. The van der Waals surface area contributed by atoms with Crippen molar-refractivity contribution in [2.24, 2.45) is 5.92 Å². The fourth-order valence-corrected chi connectivity index (χ4v) is 6.54. The number of fused-ring (bicyclic) bond motifs is 2. The van der Waals surface area contributed by atoms with Gasteiger partial charge in [-0.2, -0.15) is 4.98 Å². The highest BCUT2D eigenvalue weighted by Crippen LogP contribution is 2.36. The monoisotopic (exact) mass is 612 g/mol. The molecule has 3 saturated heterocycles. The van der Waals surface area contributed by atoms with Crippen LogP contribution in [0.25, 0.3) is 11.1 Å². The molecule has 236 valence electrons. The second-order valence-electron chi connectivity index (χ2n) is 12.2. The number of allylic oxidation sites excluding steroid dienone is 4. The molecule has 4 aliphatic heterocycles. The van der Waals surface area contributed by atoms with E-state index in [2.05, 4.69) is 23.2 Å². The van der Waals surface area contributed by atoms with Crippen LogP contribution in [0.2, 0.25) is 0 Å². The molecule has 1 unspecified atom stereocenters. The molecular formula is C34H40N6O5. The lowest BCUT2D eigenvalue weighted by atomic mass is 9.99. The predicted molar refractivity (Wildman–Crippen MR) is 169 cm³/mol. The first kappa shape index (κ1) is 29.5. The van der Waals surface area contributed by atoms with Crippen molar-refractivity contribution in [3.05, 3.63) is 65.8 Å². The third-order valence-corrected chi connectivity index (χ3v) is 9.17. The fraction of sp³-hybridized carbons (Fsp3) is 0.471. The van der Waals surface area contributed by atoms with Gasteiger partial charge in [-0.3, -0.25) is 14.5 Å². The lowest BCUT2D eigenvalue weighted by Gasteiger charge is -2.33.